The average Bonchev–Trinajstić information content (AvgIpc) is 3.13. The van der Waals surface area contributed by atoms with Gasteiger partial charge in [-0.3, -0.25) is 4.90 Å². The Morgan fingerprint density at radius 1 is 1.06 bits per heavy atom. The number of benzene rings is 2. The molecule has 1 aliphatic rings. The van der Waals surface area contributed by atoms with Gasteiger partial charge in [-0.2, -0.15) is 5.26 Å². The number of fused-ring (bicyclic) bond motifs is 1. The maximum atomic E-state index is 9.87. The molecule has 1 saturated heterocycles. The molecule has 1 N–H and O–H groups in total. The molecule has 2 heterocycles. The third-order valence-electron chi connectivity index (χ3n) is 5.79. The van der Waals surface area contributed by atoms with Crippen LogP contribution in [0.2, 0.25) is 0 Å². The normalized spacial score (nSPS) is 13.8. The molecule has 6 heteroatoms. The summed E-state index contributed by atoms with van der Waals surface area (Å²) in [5, 5.41) is 10.8. The molecule has 1 aromatic heterocycles. The first kappa shape index (κ1) is 24.0. The smallest absolute Gasteiger partial charge is 0.121 e. The number of aryl methyl sites for hydroxylation is 1. The number of hydrogen-bond acceptors (Lipinski definition) is 5. The van der Waals surface area contributed by atoms with Gasteiger partial charge in [0.2, 0.25) is 0 Å². The van der Waals surface area contributed by atoms with Crippen molar-refractivity contribution in [3.8, 4) is 23.1 Å². The molecule has 0 saturated carbocycles. The molecule has 1 aliphatic heterocycles. The van der Waals surface area contributed by atoms with Crippen molar-refractivity contribution in [1.82, 2.24) is 9.47 Å². The Labute approximate surface area is 196 Å². The number of aromatic nitrogens is 1. The van der Waals surface area contributed by atoms with Crippen LogP contribution in [0, 0.1) is 11.3 Å². The third-order valence-corrected chi connectivity index (χ3v) is 6.23. The number of likely N-dealkylation sites (tertiary alicyclic amines) is 1. The van der Waals surface area contributed by atoms with E-state index in [1.165, 1.54) is 32.4 Å². The molecule has 0 radical (unpaired) electrons. The number of piperidine rings is 1. The molecule has 0 unspecified atom stereocenters. The van der Waals surface area contributed by atoms with Crippen molar-refractivity contribution in [2.45, 2.75) is 33.1 Å². The molecular weight excluding hydrogens is 416 g/mol. The van der Waals surface area contributed by atoms with Gasteiger partial charge in [-0.1, -0.05) is 44.3 Å². The number of hydrogen-bond donors (Lipinski definition) is 1. The van der Waals surface area contributed by atoms with Crippen LogP contribution in [0.15, 0.2) is 42.5 Å². The molecule has 5 nitrogen and oxygen atoms in total. The molecule has 3 aromatic rings. The number of ether oxygens (including phenoxy) is 1. The number of anilines is 1. The fourth-order valence-electron chi connectivity index (χ4n) is 4.25. The lowest BCUT2D eigenvalue weighted by atomic mass is 10.1. The largest absolute Gasteiger partial charge is 0.492 e. The molecule has 0 amide bonds. The van der Waals surface area contributed by atoms with Gasteiger partial charge in [0.05, 0.1) is 16.8 Å². The Balaban J connectivity index is 0.00000141. The van der Waals surface area contributed by atoms with Crippen LogP contribution in [-0.2, 0) is 7.05 Å². The number of nitrogens with one attached hydrogen (secondary N) is 1. The van der Waals surface area contributed by atoms with E-state index in [1.54, 1.807) is 11.9 Å². The summed E-state index contributed by atoms with van der Waals surface area (Å²) >= 11 is 1.56. The van der Waals surface area contributed by atoms with Crippen LogP contribution in [-0.4, -0.2) is 42.0 Å². The first-order chi connectivity index (χ1) is 15.7. The van der Waals surface area contributed by atoms with E-state index in [9.17, 15) is 5.26 Å². The molecule has 4 rings (SSSR count). The van der Waals surface area contributed by atoms with E-state index in [-0.39, 0.29) is 0 Å². The predicted octanol–water partition coefficient (Wildman–Crippen LogP) is 6.30. The Morgan fingerprint density at radius 2 is 1.78 bits per heavy atom. The minimum Gasteiger partial charge on any atom is -0.492 e. The first-order valence-corrected chi connectivity index (χ1v) is 12.7. The predicted molar refractivity (Wildman–Crippen MR) is 137 cm³/mol. The first-order valence-electron chi connectivity index (χ1n) is 11.5. The molecule has 170 valence electrons. The van der Waals surface area contributed by atoms with E-state index in [2.05, 4.69) is 38.5 Å². The van der Waals surface area contributed by atoms with Crippen LogP contribution in [0.4, 0.5) is 5.69 Å². The second-order valence-electron chi connectivity index (χ2n) is 7.71. The summed E-state index contributed by atoms with van der Waals surface area (Å²) in [4.78, 5) is 2.48. The maximum Gasteiger partial charge on any atom is 0.121 e. The van der Waals surface area contributed by atoms with Gasteiger partial charge in [0, 0.05) is 37.0 Å². The minimum absolute atomic E-state index is 0.692. The highest BCUT2D eigenvalue weighted by Crippen LogP contribution is 2.35. The lowest BCUT2D eigenvalue weighted by Gasteiger charge is -2.26. The van der Waals surface area contributed by atoms with E-state index in [1.807, 2.05) is 51.4 Å². The number of nitriles is 1. The molecule has 0 atom stereocenters. The van der Waals surface area contributed by atoms with Gasteiger partial charge >= 0.3 is 0 Å². The van der Waals surface area contributed by atoms with E-state index in [0.717, 1.165) is 40.1 Å². The van der Waals surface area contributed by atoms with Crippen molar-refractivity contribution >= 4 is 28.5 Å². The van der Waals surface area contributed by atoms with Gasteiger partial charge in [-0.05, 0) is 55.8 Å². The molecule has 2 aromatic carbocycles. The van der Waals surface area contributed by atoms with Crippen LogP contribution in [0.3, 0.4) is 0 Å². The van der Waals surface area contributed by atoms with E-state index in [4.69, 9.17) is 4.74 Å². The lowest BCUT2D eigenvalue weighted by molar-refractivity contribution is 0.183. The Hall–Kier alpha value is -2.62. The third kappa shape index (κ3) is 5.40. The summed E-state index contributed by atoms with van der Waals surface area (Å²) in [7, 11) is 2.02. The molecule has 32 heavy (non-hydrogen) atoms. The maximum absolute atomic E-state index is 9.87. The van der Waals surface area contributed by atoms with Crippen LogP contribution < -0.4 is 9.46 Å². The lowest BCUT2D eigenvalue weighted by Crippen LogP contribution is -2.33. The molecule has 1 fully saturated rings. The highest BCUT2D eigenvalue weighted by atomic mass is 32.2. The van der Waals surface area contributed by atoms with Crippen molar-refractivity contribution in [1.29, 1.82) is 5.26 Å². The second kappa shape index (κ2) is 11.8. The Bertz CT molecular complexity index is 1050. The van der Waals surface area contributed by atoms with Gasteiger partial charge in [-0.25, -0.2) is 0 Å². The monoisotopic (exact) mass is 450 g/mol. The number of rotatable bonds is 7. The van der Waals surface area contributed by atoms with Gasteiger partial charge in [0.1, 0.15) is 18.4 Å². The summed E-state index contributed by atoms with van der Waals surface area (Å²) in [6.07, 6.45) is 5.94. The minimum atomic E-state index is 0.692. The number of nitrogens with zero attached hydrogens (tertiary/aromatic N) is 3. The summed E-state index contributed by atoms with van der Waals surface area (Å²) in [5.41, 5.74) is 4.74. The van der Waals surface area contributed by atoms with Crippen LogP contribution in [0.25, 0.3) is 22.2 Å². The topological polar surface area (TPSA) is 53.2 Å². The summed E-state index contributed by atoms with van der Waals surface area (Å²) < 4.78 is 11.4. The molecule has 0 aliphatic carbocycles. The van der Waals surface area contributed by atoms with Gasteiger partial charge in [0.15, 0.2) is 0 Å². The van der Waals surface area contributed by atoms with Crippen molar-refractivity contribution in [2.24, 2.45) is 7.05 Å². The molecule has 0 spiro atoms. The van der Waals surface area contributed by atoms with Gasteiger partial charge in [-0.15, -0.1) is 0 Å². The summed E-state index contributed by atoms with van der Waals surface area (Å²) in [6.45, 7) is 8.02. The Kier molecular flexibility index (Phi) is 8.90. The van der Waals surface area contributed by atoms with E-state index >= 15 is 0 Å². The summed E-state index contributed by atoms with van der Waals surface area (Å²) in [5.74, 6) is 0.857. The van der Waals surface area contributed by atoms with Crippen LogP contribution in [0.1, 0.15) is 38.7 Å². The average molecular weight is 451 g/mol. The fraction of sp³-hybridized carbons (Fsp3) is 0.423. The van der Waals surface area contributed by atoms with Crippen LogP contribution in [0.5, 0.6) is 5.75 Å². The zero-order valence-corrected chi connectivity index (χ0v) is 20.5. The van der Waals surface area contributed by atoms with Crippen molar-refractivity contribution in [2.75, 3.05) is 37.2 Å². The second-order valence-corrected chi connectivity index (χ2v) is 8.32. The van der Waals surface area contributed by atoms with Crippen molar-refractivity contribution in [3.05, 3.63) is 48.0 Å². The Morgan fingerprint density at radius 3 is 2.44 bits per heavy atom. The SMILES string of the molecule is CC.CSNc1ccc(-c2c(C#N)c3ccc(OCCN4CCCCC4)cc3n2C)cc1. The van der Waals surface area contributed by atoms with E-state index in [0.29, 0.717) is 12.2 Å². The molecule has 0 bridgehead atoms. The standard InChI is InChI=1S/C24H28N4OS.C2H6/c1-27-23-16-20(29-15-14-28-12-4-3-5-13-28)10-11-21(23)22(17-25)24(27)18-6-8-19(9-7-18)26-30-2;1-2/h6-11,16,26H,3-5,12-15H2,1-2H3;1-2H3. The van der Waals surface area contributed by atoms with Gasteiger partial charge in [0.25, 0.3) is 0 Å². The summed E-state index contributed by atoms with van der Waals surface area (Å²) in [6, 6.07) is 16.7. The van der Waals surface area contributed by atoms with Crippen LogP contribution >= 0.6 is 11.9 Å². The zero-order chi connectivity index (χ0) is 22.9. The fourth-order valence-corrected chi connectivity index (χ4v) is 4.62. The highest BCUT2D eigenvalue weighted by Gasteiger charge is 2.17. The molecular formula is C26H34N4OS. The van der Waals surface area contributed by atoms with Crippen molar-refractivity contribution in [3.63, 3.8) is 0 Å². The quantitative estimate of drug-likeness (QED) is 0.428. The zero-order valence-electron chi connectivity index (χ0n) is 19.6. The van der Waals surface area contributed by atoms with E-state index < -0.39 is 0 Å². The highest BCUT2D eigenvalue weighted by molar-refractivity contribution is 7.99. The van der Waals surface area contributed by atoms with Gasteiger partial charge < -0.3 is 14.0 Å². The van der Waals surface area contributed by atoms with Crippen molar-refractivity contribution < 1.29 is 4.74 Å².